The number of ether oxygens (including phenoxy) is 3. The molecule has 150 valence electrons. The lowest BCUT2D eigenvalue weighted by Gasteiger charge is -2.17. The smallest absolute Gasteiger partial charge is 0.339 e. The normalized spacial score (nSPS) is 11.6. The molecule has 0 saturated heterocycles. The van der Waals surface area contributed by atoms with Crippen molar-refractivity contribution in [3.05, 3.63) is 58.4 Å². The molecule has 0 heterocycles. The van der Waals surface area contributed by atoms with Crippen LogP contribution in [0.3, 0.4) is 0 Å². The van der Waals surface area contributed by atoms with Crippen LogP contribution in [0.1, 0.15) is 42.3 Å². The van der Waals surface area contributed by atoms with E-state index in [4.69, 9.17) is 31.5 Å². The quantitative estimate of drug-likeness (QED) is 0.631. The zero-order valence-corrected chi connectivity index (χ0v) is 16.3. The van der Waals surface area contributed by atoms with Gasteiger partial charge in [0.2, 0.25) is 6.10 Å². The van der Waals surface area contributed by atoms with Crippen LogP contribution >= 0.6 is 11.6 Å². The van der Waals surface area contributed by atoms with Crippen molar-refractivity contribution in [3.63, 3.8) is 0 Å². The van der Waals surface area contributed by atoms with Crippen molar-refractivity contribution >= 4 is 23.5 Å². The SMILES string of the molecule is CCCOc1c(Cl)cc(C(=O)OC(C(N)=O)c2ccc(F)cc2)cc1OCC. The van der Waals surface area contributed by atoms with Gasteiger partial charge < -0.3 is 19.9 Å². The third-order valence-corrected chi connectivity index (χ3v) is 3.93. The van der Waals surface area contributed by atoms with E-state index in [-0.39, 0.29) is 21.9 Å². The van der Waals surface area contributed by atoms with E-state index in [1.165, 1.54) is 24.3 Å². The highest BCUT2D eigenvalue weighted by atomic mass is 35.5. The Morgan fingerprint density at radius 2 is 1.82 bits per heavy atom. The molecule has 8 heteroatoms. The molecule has 2 aromatic carbocycles. The number of rotatable bonds is 9. The standard InChI is InChI=1S/C20H21ClFNO5/c1-3-9-27-18-15(21)10-13(11-16(18)26-4-2)20(25)28-17(19(23)24)12-5-7-14(22)8-6-12/h5-8,10-11,17H,3-4,9H2,1-2H3,(H2,23,24). The molecule has 0 aliphatic heterocycles. The fourth-order valence-electron chi connectivity index (χ4n) is 2.40. The van der Waals surface area contributed by atoms with Gasteiger partial charge in [-0.1, -0.05) is 30.7 Å². The first-order chi connectivity index (χ1) is 13.4. The van der Waals surface area contributed by atoms with E-state index in [0.717, 1.165) is 18.6 Å². The number of hydrogen-bond donors (Lipinski definition) is 1. The first-order valence-electron chi connectivity index (χ1n) is 8.72. The maximum atomic E-state index is 13.1. The Kier molecular flexibility index (Phi) is 7.63. The van der Waals surface area contributed by atoms with Crippen molar-refractivity contribution in [2.45, 2.75) is 26.4 Å². The van der Waals surface area contributed by atoms with Gasteiger partial charge in [-0.15, -0.1) is 0 Å². The Morgan fingerprint density at radius 3 is 2.39 bits per heavy atom. The van der Waals surface area contributed by atoms with Gasteiger partial charge in [0.05, 0.1) is 23.8 Å². The number of esters is 1. The zero-order valence-electron chi connectivity index (χ0n) is 15.5. The van der Waals surface area contributed by atoms with Crippen molar-refractivity contribution in [2.24, 2.45) is 5.73 Å². The number of amides is 1. The van der Waals surface area contributed by atoms with Crippen LogP contribution < -0.4 is 15.2 Å². The average molecular weight is 410 g/mol. The van der Waals surface area contributed by atoms with Gasteiger partial charge in [0.25, 0.3) is 5.91 Å². The third kappa shape index (κ3) is 5.36. The summed E-state index contributed by atoms with van der Waals surface area (Å²) in [4.78, 5) is 24.3. The summed E-state index contributed by atoms with van der Waals surface area (Å²) >= 11 is 6.24. The zero-order chi connectivity index (χ0) is 20.7. The highest BCUT2D eigenvalue weighted by molar-refractivity contribution is 6.32. The van der Waals surface area contributed by atoms with Gasteiger partial charge in [0, 0.05) is 5.56 Å². The fraction of sp³-hybridized carbons (Fsp3) is 0.300. The molecule has 2 N–H and O–H groups in total. The largest absolute Gasteiger partial charge is 0.490 e. The van der Waals surface area contributed by atoms with Crippen molar-refractivity contribution in [1.82, 2.24) is 0 Å². The first kappa shape index (κ1) is 21.5. The van der Waals surface area contributed by atoms with E-state index >= 15 is 0 Å². The highest BCUT2D eigenvalue weighted by Gasteiger charge is 2.25. The maximum absolute atomic E-state index is 13.1. The summed E-state index contributed by atoms with van der Waals surface area (Å²) in [5, 5.41) is 0.170. The number of primary amides is 1. The van der Waals surface area contributed by atoms with Crippen molar-refractivity contribution < 1.29 is 28.2 Å². The molecule has 28 heavy (non-hydrogen) atoms. The molecule has 0 aromatic heterocycles. The summed E-state index contributed by atoms with van der Waals surface area (Å²) in [5.41, 5.74) is 5.65. The Hall–Kier alpha value is -2.80. The first-order valence-corrected chi connectivity index (χ1v) is 9.10. The van der Waals surface area contributed by atoms with Crippen LogP contribution in [0.15, 0.2) is 36.4 Å². The summed E-state index contributed by atoms with van der Waals surface area (Å²) in [6, 6.07) is 7.70. The summed E-state index contributed by atoms with van der Waals surface area (Å²) in [7, 11) is 0. The molecule has 0 fully saturated rings. The molecule has 1 amide bonds. The van der Waals surface area contributed by atoms with E-state index in [1.807, 2.05) is 6.92 Å². The monoisotopic (exact) mass is 409 g/mol. The fourth-order valence-corrected chi connectivity index (χ4v) is 2.66. The molecule has 2 rings (SSSR count). The van der Waals surface area contributed by atoms with Gasteiger partial charge >= 0.3 is 5.97 Å². The summed E-state index contributed by atoms with van der Waals surface area (Å²) in [6.07, 6.45) is -0.609. The number of hydrogen-bond acceptors (Lipinski definition) is 5. The van der Waals surface area contributed by atoms with Gasteiger partial charge in [-0.2, -0.15) is 0 Å². The van der Waals surface area contributed by atoms with Crippen LogP contribution in [0.25, 0.3) is 0 Å². The molecule has 1 atom stereocenters. The van der Waals surface area contributed by atoms with Crippen molar-refractivity contribution in [3.8, 4) is 11.5 Å². The second-order valence-corrected chi connectivity index (χ2v) is 6.21. The van der Waals surface area contributed by atoms with Gasteiger partial charge in [-0.05, 0) is 37.6 Å². The molecule has 0 saturated carbocycles. The Labute approximate surface area is 167 Å². The maximum Gasteiger partial charge on any atom is 0.339 e. The predicted octanol–water partition coefficient (Wildman–Crippen LogP) is 4.05. The lowest BCUT2D eigenvalue weighted by atomic mass is 10.1. The molecular formula is C20H21ClFNO5. The average Bonchev–Trinajstić information content (AvgIpc) is 2.66. The molecule has 0 aliphatic carbocycles. The van der Waals surface area contributed by atoms with Crippen LogP contribution in [-0.4, -0.2) is 25.1 Å². The summed E-state index contributed by atoms with van der Waals surface area (Å²) in [5.74, 6) is -1.61. The predicted molar refractivity (Wildman–Crippen MR) is 102 cm³/mol. The molecule has 6 nitrogen and oxygen atoms in total. The van der Waals surface area contributed by atoms with Crippen molar-refractivity contribution in [1.29, 1.82) is 0 Å². The molecule has 0 aliphatic rings. The van der Waals surface area contributed by atoms with E-state index < -0.39 is 23.8 Å². The Morgan fingerprint density at radius 1 is 1.14 bits per heavy atom. The van der Waals surface area contributed by atoms with Crippen LogP contribution in [0.5, 0.6) is 11.5 Å². The number of halogens is 2. The molecule has 1 unspecified atom stereocenters. The van der Waals surface area contributed by atoms with Gasteiger partial charge in [-0.3, -0.25) is 4.79 Å². The second kappa shape index (κ2) is 9.94. The van der Waals surface area contributed by atoms with E-state index in [9.17, 15) is 14.0 Å². The summed E-state index contributed by atoms with van der Waals surface area (Å²) < 4.78 is 29.4. The topological polar surface area (TPSA) is 87.9 Å². The number of nitrogens with two attached hydrogens (primary N) is 1. The van der Waals surface area contributed by atoms with Gasteiger partial charge in [0.15, 0.2) is 11.5 Å². The summed E-state index contributed by atoms with van der Waals surface area (Å²) in [6.45, 7) is 4.48. The lowest BCUT2D eigenvalue weighted by Crippen LogP contribution is -2.26. The number of benzene rings is 2. The number of carbonyl (C=O) groups excluding carboxylic acids is 2. The lowest BCUT2D eigenvalue weighted by molar-refractivity contribution is -0.127. The minimum absolute atomic E-state index is 0.0608. The minimum Gasteiger partial charge on any atom is -0.490 e. The molecule has 0 spiro atoms. The molecule has 2 aromatic rings. The van der Waals surface area contributed by atoms with Crippen LogP contribution in [0.4, 0.5) is 4.39 Å². The van der Waals surface area contributed by atoms with Crippen LogP contribution in [-0.2, 0) is 9.53 Å². The minimum atomic E-state index is -1.38. The molecular weight excluding hydrogens is 389 g/mol. The Bertz CT molecular complexity index is 841. The molecule has 0 bridgehead atoms. The van der Waals surface area contributed by atoms with E-state index in [2.05, 4.69) is 0 Å². The van der Waals surface area contributed by atoms with Crippen molar-refractivity contribution in [2.75, 3.05) is 13.2 Å². The number of carbonyl (C=O) groups is 2. The molecule has 0 radical (unpaired) electrons. The second-order valence-electron chi connectivity index (χ2n) is 5.81. The van der Waals surface area contributed by atoms with Gasteiger partial charge in [-0.25, -0.2) is 9.18 Å². The third-order valence-electron chi connectivity index (χ3n) is 3.65. The van der Waals surface area contributed by atoms with E-state index in [0.29, 0.717) is 19.0 Å². The van der Waals surface area contributed by atoms with Gasteiger partial charge in [0.1, 0.15) is 5.82 Å². The van der Waals surface area contributed by atoms with E-state index in [1.54, 1.807) is 6.92 Å². The highest BCUT2D eigenvalue weighted by Crippen LogP contribution is 2.37. The Balaban J connectivity index is 2.30. The van der Waals surface area contributed by atoms with Crippen LogP contribution in [0, 0.1) is 5.82 Å². The van der Waals surface area contributed by atoms with Crippen LogP contribution in [0.2, 0.25) is 5.02 Å².